The van der Waals surface area contributed by atoms with Gasteiger partial charge < -0.3 is 10.1 Å². The van der Waals surface area contributed by atoms with Crippen molar-refractivity contribution in [3.8, 4) is 0 Å². The Hall–Kier alpha value is -3.48. The van der Waals surface area contributed by atoms with E-state index in [4.69, 9.17) is 4.74 Å². The number of aromatic amines is 1. The molecule has 0 spiro atoms. The molecule has 1 aromatic heterocycles. The number of aromatic nitrogens is 2. The molecule has 7 nitrogen and oxygen atoms in total. The van der Waals surface area contributed by atoms with Crippen molar-refractivity contribution < 1.29 is 14.3 Å². The van der Waals surface area contributed by atoms with Gasteiger partial charge in [0.1, 0.15) is 0 Å². The summed E-state index contributed by atoms with van der Waals surface area (Å²) >= 11 is 0. The lowest BCUT2D eigenvalue weighted by atomic mass is 10.1. The zero-order valence-electron chi connectivity index (χ0n) is 14.3. The summed E-state index contributed by atoms with van der Waals surface area (Å²) in [6, 6.07) is 13.8. The van der Waals surface area contributed by atoms with Gasteiger partial charge >= 0.3 is 5.97 Å². The largest absolute Gasteiger partial charge is 0.448 e. The molecular weight excluding hydrogens is 334 g/mol. The topological polar surface area (TPSA) is 101 Å². The molecule has 3 aromatic rings. The SMILES string of the molecule is Cc1cccc(NC(=O)[C@@H](C)OC(=O)c2n[nH]c(=O)c3ccccc23)c1. The van der Waals surface area contributed by atoms with Crippen LogP contribution >= 0.6 is 0 Å². The summed E-state index contributed by atoms with van der Waals surface area (Å²) in [6.07, 6.45) is -1.03. The number of nitrogens with one attached hydrogen (secondary N) is 2. The maximum Gasteiger partial charge on any atom is 0.360 e. The number of rotatable bonds is 4. The minimum absolute atomic E-state index is 0.0459. The first-order valence-electron chi connectivity index (χ1n) is 8.01. The monoisotopic (exact) mass is 351 g/mol. The molecule has 132 valence electrons. The third kappa shape index (κ3) is 3.61. The van der Waals surface area contributed by atoms with Crippen LogP contribution in [-0.4, -0.2) is 28.2 Å². The number of benzene rings is 2. The molecule has 2 N–H and O–H groups in total. The van der Waals surface area contributed by atoms with Crippen molar-refractivity contribution in [1.29, 1.82) is 0 Å². The van der Waals surface area contributed by atoms with Crippen LogP contribution in [0.3, 0.4) is 0 Å². The Morgan fingerprint density at radius 1 is 1.12 bits per heavy atom. The molecule has 0 unspecified atom stereocenters. The summed E-state index contributed by atoms with van der Waals surface area (Å²) in [7, 11) is 0. The quantitative estimate of drug-likeness (QED) is 0.703. The zero-order valence-corrected chi connectivity index (χ0v) is 14.3. The van der Waals surface area contributed by atoms with E-state index in [-0.39, 0.29) is 5.69 Å². The second-order valence-corrected chi connectivity index (χ2v) is 5.85. The number of nitrogens with zero attached hydrogens (tertiary/aromatic N) is 1. The highest BCUT2D eigenvalue weighted by Gasteiger charge is 2.22. The number of fused-ring (bicyclic) bond motifs is 1. The number of aryl methyl sites for hydroxylation is 1. The van der Waals surface area contributed by atoms with Gasteiger partial charge in [0.25, 0.3) is 11.5 Å². The van der Waals surface area contributed by atoms with Gasteiger partial charge in [-0.3, -0.25) is 9.59 Å². The minimum atomic E-state index is -1.03. The molecule has 1 atom stereocenters. The molecule has 1 heterocycles. The second-order valence-electron chi connectivity index (χ2n) is 5.85. The number of esters is 1. The fourth-order valence-corrected chi connectivity index (χ4v) is 2.51. The van der Waals surface area contributed by atoms with Gasteiger partial charge in [-0.25, -0.2) is 9.89 Å². The van der Waals surface area contributed by atoms with E-state index in [0.29, 0.717) is 16.5 Å². The molecule has 0 radical (unpaired) electrons. The third-order valence-corrected chi connectivity index (χ3v) is 3.83. The lowest BCUT2D eigenvalue weighted by molar-refractivity contribution is -0.123. The van der Waals surface area contributed by atoms with Crippen LogP contribution in [0.2, 0.25) is 0 Å². The Morgan fingerprint density at radius 2 is 1.85 bits per heavy atom. The Bertz CT molecular complexity index is 1040. The predicted molar refractivity (Wildman–Crippen MR) is 97.0 cm³/mol. The van der Waals surface area contributed by atoms with Crippen molar-refractivity contribution in [2.24, 2.45) is 0 Å². The van der Waals surface area contributed by atoms with E-state index >= 15 is 0 Å². The van der Waals surface area contributed by atoms with E-state index in [9.17, 15) is 14.4 Å². The highest BCUT2D eigenvalue weighted by Crippen LogP contribution is 2.15. The summed E-state index contributed by atoms with van der Waals surface area (Å²) in [5.74, 6) is -1.25. The van der Waals surface area contributed by atoms with Crippen molar-refractivity contribution in [1.82, 2.24) is 10.2 Å². The number of amides is 1. The number of carbonyl (C=O) groups is 2. The Kier molecular flexibility index (Phi) is 4.79. The number of hydrogen-bond acceptors (Lipinski definition) is 5. The molecular formula is C19H17N3O4. The van der Waals surface area contributed by atoms with Crippen molar-refractivity contribution in [2.75, 3.05) is 5.32 Å². The van der Waals surface area contributed by atoms with Crippen LogP contribution < -0.4 is 10.9 Å². The van der Waals surface area contributed by atoms with Gasteiger partial charge in [0.15, 0.2) is 11.8 Å². The highest BCUT2D eigenvalue weighted by molar-refractivity contribution is 6.03. The van der Waals surface area contributed by atoms with Gasteiger partial charge in [0.05, 0.1) is 5.39 Å². The van der Waals surface area contributed by atoms with Crippen molar-refractivity contribution in [3.05, 3.63) is 70.1 Å². The van der Waals surface area contributed by atoms with Crippen LogP contribution in [0.1, 0.15) is 23.0 Å². The Labute approximate surface area is 149 Å². The zero-order chi connectivity index (χ0) is 18.7. The van der Waals surface area contributed by atoms with Crippen LogP contribution in [-0.2, 0) is 9.53 Å². The fourth-order valence-electron chi connectivity index (χ4n) is 2.51. The number of ether oxygens (including phenoxy) is 1. The normalized spacial score (nSPS) is 11.8. The molecule has 0 aliphatic carbocycles. The van der Waals surface area contributed by atoms with Crippen LogP contribution in [0.5, 0.6) is 0 Å². The molecule has 0 fully saturated rings. The number of anilines is 1. The molecule has 0 saturated heterocycles. The summed E-state index contributed by atoms with van der Waals surface area (Å²) < 4.78 is 5.21. The molecule has 3 rings (SSSR count). The first-order valence-corrected chi connectivity index (χ1v) is 8.01. The lowest BCUT2D eigenvalue weighted by Gasteiger charge is -2.14. The van der Waals surface area contributed by atoms with Gasteiger partial charge in [-0.05, 0) is 37.6 Å². The first kappa shape index (κ1) is 17.3. The summed E-state index contributed by atoms with van der Waals surface area (Å²) in [4.78, 5) is 36.4. The molecule has 0 aliphatic heterocycles. The Morgan fingerprint density at radius 3 is 2.58 bits per heavy atom. The summed E-state index contributed by atoms with van der Waals surface area (Å²) in [5.41, 5.74) is 1.17. The smallest absolute Gasteiger partial charge is 0.360 e. The molecule has 26 heavy (non-hydrogen) atoms. The lowest BCUT2D eigenvalue weighted by Crippen LogP contribution is -2.30. The molecule has 0 bridgehead atoms. The standard InChI is InChI=1S/C19H17N3O4/c1-11-6-5-7-13(10-11)20-17(23)12(2)26-19(25)16-14-8-3-4-9-15(14)18(24)22-21-16/h3-10,12H,1-2H3,(H,20,23)(H,22,24)/t12-/m1/s1. The van der Waals surface area contributed by atoms with Crippen LogP contribution in [0.4, 0.5) is 5.69 Å². The Balaban J connectivity index is 1.76. The van der Waals surface area contributed by atoms with Crippen LogP contribution in [0, 0.1) is 6.92 Å². The van der Waals surface area contributed by atoms with E-state index < -0.39 is 23.5 Å². The maximum absolute atomic E-state index is 12.4. The van der Waals surface area contributed by atoms with Gasteiger partial charge in [0, 0.05) is 11.1 Å². The third-order valence-electron chi connectivity index (χ3n) is 3.83. The molecule has 7 heteroatoms. The first-order chi connectivity index (χ1) is 12.5. The average Bonchev–Trinajstić information content (AvgIpc) is 2.62. The van der Waals surface area contributed by atoms with Gasteiger partial charge in [-0.15, -0.1) is 0 Å². The van der Waals surface area contributed by atoms with Gasteiger partial charge in [0.2, 0.25) is 0 Å². The minimum Gasteiger partial charge on any atom is -0.448 e. The number of hydrogen-bond donors (Lipinski definition) is 2. The van der Waals surface area contributed by atoms with Gasteiger partial charge in [-0.1, -0.05) is 30.3 Å². The van der Waals surface area contributed by atoms with E-state index in [0.717, 1.165) is 5.56 Å². The molecule has 1 amide bonds. The number of H-pyrrole nitrogens is 1. The molecule has 0 aliphatic rings. The number of carbonyl (C=O) groups excluding carboxylic acids is 2. The molecule has 0 saturated carbocycles. The van der Waals surface area contributed by atoms with Crippen molar-refractivity contribution in [2.45, 2.75) is 20.0 Å². The molecule has 2 aromatic carbocycles. The van der Waals surface area contributed by atoms with E-state index in [1.54, 1.807) is 30.3 Å². The van der Waals surface area contributed by atoms with Crippen LogP contribution in [0.25, 0.3) is 10.8 Å². The maximum atomic E-state index is 12.4. The van der Waals surface area contributed by atoms with Crippen molar-refractivity contribution >= 4 is 28.3 Å². The summed E-state index contributed by atoms with van der Waals surface area (Å²) in [5, 5.41) is 9.42. The predicted octanol–water partition coefficient (Wildman–Crippen LogP) is 2.42. The van der Waals surface area contributed by atoms with Crippen molar-refractivity contribution in [3.63, 3.8) is 0 Å². The van der Waals surface area contributed by atoms with E-state index in [1.165, 1.54) is 6.92 Å². The van der Waals surface area contributed by atoms with E-state index in [1.807, 2.05) is 25.1 Å². The van der Waals surface area contributed by atoms with Crippen LogP contribution in [0.15, 0.2) is 53.3 Å². The average molecular weight is 351 g/mol. The van der Waals surface area contributed by atoms with E-state index in [2.05, 4.69) is 15.5 Å². The fraction of sp³-hybridized carbons (Fsp3) is 0.158. The van der Waals surface area contributed by atoms with Gasteiger partial charge in [-0.2, -0.15) is 5.10 Å². The summed E-state index contributed by atoms with van der Waals surface area (Å²) in [6.45, 7) is 3.38. The highest BCUT2D eigenvalue weighted by atomic mass is 16.5. The second kappa shape index (κ2) is 7.18.